The summed E-state index contributed by atoms with van der Waals surface area (Å²) < 4.78 is 29.8. The van der Waals surface area contributed by atoms with Gasteiger partial charge in [0.25, 0.3) is 10.0 Å². The molecule has 0 saturated carbocycles. The van der Waals surface area contributed by atoms with Crippen LogP contribution in [0, 0.1) is 0 Å². The van der Waals surface area contributed by atoms with Gasteiger partial charge in [0.1, 0.15) is 5.82 Å². The first kappa shape index (κ1) is 18.4. The second-order valence-corrected chi connectivity index (χ2v) is 8.29. The van der Waals surface area contributed by atoms with E-state index in [9.17, 15) is 8.42 Å². The molecule has 0 saturated heterocycles. The average molecular weight is 395 g/mol. The predicted molar refractivity (Wildman–Crippen MR) is 109 cm³/mol. The third kappa shape index (κ3) is 2.90. The molecule has 144 valence electrons. The fourth-order valence-electron chi connectivity index (χ4n) is 3.33. The smallest absolute Gasteiger partial charge is 0.265 e. The minimum atomic E-state index is -3.78. The Bertz CT molecular complexity index is 1240. The maximum absolute atomic E-state index is 13.3. The van der Waals surface area contributed by atoms with Gasteiger partial charge < -0.3 is 0 Å². The van der Waals surface area contributed by atoms with Gasteiger partial charge in [-0.05, 0) is 37.6 Å². The summed E-state index contributed by atoms with van der Waals surface area (Å²) in [6.45, 7) is 4.09. The summed E-state index contributed by atoms with van der Waals surface area (Å²) in [7, 11) is -3.78. The topological polar surface area (TPSA) is 80.5 Å². The van der Waals surface area contributed by atoms with Crippen molar-refractivity contribution in [1.29, 1.82) is 0 Å². The number of hydrogen-bond donors (Lipinski definition) is 0. The molecule has 0 radical (unpaired) electrons. The molecule has 0 aliphatic heterocycles. The van der Waals surface area contributed by atoms with E-state index >= 15 is 0 Å². The second kappa shape index (κ2) is 7.20. The van der Waals surface area contributed by atoms with E-state index in [1.165, 1.54) is 4.31 Å². The van der Waals surface area contributed by atoms with Crippen molar-refractivity contribution in [2.45, 2.75) is 31.6 Å². The van der Waals surface area contributed by atoms with Crippen LogP contribution in [0.15, 0.2) is 59.5 Å². The molecule has 0 aliphatic carbocycles. The standard InChI is InChI=1S/C20H21N5O2S/c1-3-10-18-22-23-20-19(21-16-13-8-9-14-17(16)25(18)20)24(4-2)28(26,27)15-11-6-5-7-12-15/h5-9,11-14H,3-4,10H2,1-2H3. The molecule has 2 aromatic carbocycles. The number of aromatic nitrogens is 4. The lowest BCUT2D eigenvalue weighted by atomic mass is 10.2. The average Bonchev–Trinajstić information content (AvgIpc) is 3.14. The fraction of sp³-hybridized carbons (Fsp3) is 0.250. The Morgan fingerprint density at radius 3 is 2.39 bits per heavy atom. The van der Waals surface area contributed by atoms with E-state index in [1.54, 1.807) is 37.3 Å². The Kier molecular flexibility index (Phi) is 4.72. The molecule has 0 spiro atoms. The Labute approximate surface area is 163 Å². The van der Waals surface area contributed by atoms with Gasteiger partial charge in [0.15, 0.2) is 5.82 Å². The van der Waals surface area contributed by atoms with Gasteiger partial charge in [-0.1, -0.05) is 37.3 Å². The first-order valence-electron chi connectivity index (χ1n) is 9.28. The summed E-state index contributed by atoms with van der Waals surface area (Å²) >= 11 is 0. The summed E-state index contributed by atoms with van der Waals surface area (Å²) in [4.78, 5) is 4.88. The van der Waals surface area contributed by atoms with E-state index < -0.39 is 10.0 Å². The summed E-state index contributed by atoms with van der Waals surface area (Å²) in [5, 5.41) is 8.63. The molecule has 8 heteroatoms. The van der Waals surface area contributed by atoms with Gasteiger partial charge >= 0.3 is 0 Å². The van der Waals surface area contributed by atoms with E-state index in [1.807, 2.05) is 28.7 Å². The SMILES string of the molecule is CCCc1nnc2c(N(CC)S(=O)(=O)c3ccccc3)nc3ccccc3n12. The zero-order valence-electron chi connectivity index (χ0n) is 15.8. The molecule has 0 fully saturated rings. The van der Waals surface area contributed by atoms with E-state index in [0.717, 1.165) is 24.2 Å². The van der Waals surface area contributed by atoms with Crippen molar-refractivity contribution < 1.29 is 8.42 Å². The number of para-hydroxylation sites is 2. The van der Waals surface area contributed by atoms with Crippen molar-refractivity contribution in [3.63, 3.8) is 0 Å². The lowest BCUT2D eigenvalue weighted by Gasteiger charge is -2.22. The molecular formula is C20H21N5O2S. The molecule has 4 rings (SSSR count). The number of anilines is 1. The Balaban J connectivity index is 2.01. The van der Waals surface area contributed by atoms with Crippen molar-refractivity contribution in [1.82, 2.24) is 19.6 Å². The van der Waals surface area contributed by atoms with E-state index in [0.29, 0.717) is 17.0 Å². The molecule has 7 nitrogen and oxygen atoms in total. The van der Waals surface area contributed by atoms with Crippen molar-refractivity contribution >= 4 is 32.5 Å². The van der Waals surface area contributed by atoms with Crippen LogP contribution < -0.4 is 4.31 Å². The maximum atomic E-state index is 13.3. The zero-order chi connectivity index (χ0) is 19.7. The minimum absolute atomic E-state index is 0.221. The highest BCUT2D eigenvalue weighted by atomic mass is 32.2. The fourth-order valence-corrected chi connectivity index (χ4v) is 4.78. The number of rotatable bonds is 6. The van der Waals surface area contributed by atoms with Crippen molar-refractivity contribution in [2.75, 3.05) is 10.8 Å². The van der Waals surface area contributed by atoms with E-state index in [2.05, 4.69) is 22.1 Å². The third-order valence-corrected chi connectivity index (χ3v) is 6.49. The molecule has 0 unspecified atom stereocenters. The van der Waals surface area contributed by atoms with Gasteiger partial charge in [-0.15, -0.1) is 10.2 Å². The van der Waals surface area contributed by atoms with Crippen molar-refractivity contribution in [3.05, 3.63) is 60.4 Å². The lowest BCUT2D eigenvalue weighted by Crippen LogP contribution is -2.32. The summed E-state index contributed by atoms with van der Waals surface area (Å²) in [6.07, 6.45) is 1.65. The van der Waals surface area contributed by atoms with Crippen LogP contribution >= 0.6 is 0 Å². The maximum Gasteiger partial charge on any atom is 0.265 e. The van der Waals surface area contributed by atoms with Crippen LogP contribution in [0.2, 0.25) is 0 Å². The van der Waals surface area contributed by atoms with Crippen LogP contribution in [0.3, 0.4) is 0 Å². The van der Waals surface area contributed by atoms with Crippen LogP contribution in [0.5, 0.6) is 0 Å². The molecule has 28 heavy (non-hydrogen) atoms. The quantitative estimate of drug-likeness (QED) is 0.500. The number of benzene rings is 2. The van der Waals surface area contributed by atoms with E-state index in [4.69, 9.17) is 0 Å². The second-order valence-electron chi connectivity index (χ2n) is 6.43. The third-order valence-electron chi connectivity index (χ3n) is 4.61. The van der Waals surface area contributed by atoms with Gasteiger partial charge in [-0.25, -0.2) is 17.7 Å². The first-order chi connectivity index (χ1) is 13.6. The normalized spacial score (nSPS) is 11.9. The Hall–Kier alpha value is -3.00. The number of aryl methyl sites for hydroxylation is 1. The van der Waals surface area contributed by atoms with Crippen LogP contribution in [-0.4, -0.2) is 34.5 Å². The molecule has 0 aliphatic rings. The first-order valence-corrected chi connectivity index (χ1v) is 10.7. The predicted octanol–water partition coefficient (Wildman–Crippen LogP) is 3.45. The number of nitrogens with zero attached hydrogens (tertiary/aromatic N) is 5. The Morgan fingerprint density at radius 1 is 0.964 bits per heavy atom. The number of hydrogen-bond acceptors (Lipinski definition) is 5. The molecule has 0 amide bonds. The van der Waals surface area contributed by atoms with Gasteiger partial charge in [0.05, 0.1) is 15.9 Å². The van der Waals surface area contributed by atoms with Crippen LogP contribution in [-0.2, 0) is 16.4 Å². The number of sulfonamides is 1. The molecule has 0 N–H and O–H groups in total. The zero-order valence-corrected chi connectivity index (χ0v) is 16.6. The van der Waals surface area contributed by atoms with Gasteiger partial charge in [0.2, 0.25) is 5.65 Å². The highest BCUT2D eigenvalue weighted by Crippen LogP contribution is 2.29. The summed E-state index contributed by atoms with van der Waals surface area (Å²) in [5.74, 6) is 1.09. The molecule has 2 aromatic heterocycles. The van der Waals surface area contributed by atoms with Crippen LogP contribution in [0.1, 0.15) is 26.1 Å². The highest BCUT2D eigenvalue weighted by Gasteiger charge is 2.28. The van der Waals surface area contributed by atoms with Crippen LogP contribution in [0.4, 0.5) is 5.82 Å². The van der Waals surface area contributed by atoms with Gasteiger partial charge in [-0.2, -0.15) is 0 Å². The monoisotopic (exact) mass is 395 g/mol. The van der Waals surface area contributed by atoms with Crippen molar-refractivity contribution in [2.24, 2.45) is 0 Å². The minimum Gasteiger partial charge on any atom is -0.274 e. The Morgan fingerprint density at radius 2 is 1.68 bits per heavy atom. The summed E-state index contributed by atoms with van der Waals surface area (Å²) in [5.41, 5.74) is 2.01. The molecule has 0 bridgehead atoms. The molecule has 4 aromatic rings. The van der Waals surface area contributed by atoms with Gasteiger partial charge in [0, 0.05) is 13.0 Å². The largest absolute Gasteiger partial charge is 0.274 e. The lowest BCUT2D eigenvalue weighted by molar-refractivity contribution is 0.591. The van der Waals surface area contributed by atoms with Crippen LogP contribution in [0.25, 0.3) is 16.7 Å². The highest BCUT2D eigenvalue weighted by molar-refractivity contribution is 7.92. The van der Waals surface area contributed by atoms with E-state index in [-0.39, 0.29) is 11.4 Å². The molecule has 2 heterocycles. The molecular weight excluding hydrogens is 374 g/mol. The number of fused-ring (bicyclic) bond motifs is 3. The van der Waals surface area contributed by atoms with Gasteiger partial charge in [-0.3, -0.25) is 4.40 Å². The molecule has 0 atom stereocenters. The summed E-state index contributed by atoms with van der Waals surface area (Å²) in [6, 6.07) is 16.0. The van der Waals surface area contributed by atoms with Crippen molar-refractivity contribution in [3.8, 4) is 0 Å².